The molecule has 6 aliphatic heterocycles. The van der Waals surface area contributed by atoms with Crippen LogP contribution in [0.4, 0.5) is 30.7 Å². The predicted octanol–water partition coefficient (Wildman–Crippen LogP) is 11.9. The van der Waals surface area contributed by atoms with E-state index in [2.05, 4.69) is 51.8 Å². The van der Waals surface area contributed by atoms with Gasteiger partial charge in [-0.1, -0.05) is 57.3 Å². The summed E-state index contributed by atoms with van der Waals surface area (Å²) in [5.41, 5.74) is 3.15. The van der Waals surface area contributed by atoms with Crippen LogP contribution in [0.2, 0.25) is 10.0 Å². The Morgan fingerprint density at radius 1 is 0.557 bits per heavy atom. The summed E-state index contributed by atoms with van der Waals surface area (Å²) < 4.78 is 128. The quantitative estimate of drug-likeness (QED) is 0.0139. The van der Waals surface area contributed by atoms with Gasteiger partial charge < -0.3 is 55.0 Å². The molecule has 9 heterocycles. The van der Waals surface area contributed by atoms with Crippen molar-refractivity contribution in [2.24, 2.45) is 32.7 Å². The maximum absolute atomic E-state index is 15.1. The lowest BCUT2D eigenvalue weighted by molar-refractivity contribution is -0.144. The fourth-order valence-electron chi connectivity index (χ4n) is 13.3. The zero-order valence-electron chi connectivity index (χ0n) is 61.9. The van der Waals surface area contributed by atoms with Gasteiger partial charge in [0.05, 0.1) is 62.1 Å². The van der Waals surface area contributed by atoms with Crippen molar-refractivity contribution in [3.63, 3.8) is 0 Å². The number of hydrogen-bond donors (Lipinski definition) is 6. The number of hydrogen-bond acceptors (Lipinski definition) is 27. The molecule has 3 aromatic heterocycles. The number of ether oxygens (including phenoxy) is 5. The molecule has 618 valence electrons. The number of esters is 3. The molecule has 3 fully saturated rings. The van der Waals surface area contributed by atoms with E-state index in [1.165, 1.54) is 75.3 Å². The second-order valence-corrected chi connectivity index (χ2v) is 32.0. The standard InChI is InChI=1S/C25H27BrF2N4O5S.C25H26ClF3N4O4S2.C25H27ClF2N4O5S/c1-2-37-25(35)21-19(11-32-7-5-14(18(28)10-32)12-36-13-20(33)34)30-23(24-29-6-8-38-24)31-22(21)16-4-3-15(27)9-17(16)26;1-2-37-24(36)20-18(10-33-7-5-14(25(28,29)13-33)11-38-12-19(34)35)31-22(23-30-6-8-39-23)32-21(20)16-4-3-15(27)9-17(16)26;1-2-37-25(35)21-19(11-32-7-5-14(18(28)10-32)12-36-13-20(33)34)30-23(24-29-6-8-38-24)31-22(21)16-4-3-15(27)9-17(16)26/h3-4,6,8-9,14,18,22H,2,5,7,10-13H2,1H3,(H,30,31)(H,33,34);3-4,6,8-9,14,21H,2,5,7,10-13H2,1H3,(H,31,32)(H,34,35);3-4,6,8-9,14,18,22H,2,5,7,10-13H2,1H3,(H,30,31)(H,33,34)/t14?,18?,22-;14?,21-;14?,18?,22-/m000/s1. The second kappa shape index (κ2) is 42.2. The molecule has 0 spiro atoms. The third kappa shape index (κ3) is 24.2. The topological polar surface area (TPSA) is 331 Å². The van der Waals surface area contributed by atoms with E-state index in [4.69, 9.17) is 72.2 Å². The smallest absolute Gasteiger partial charge is 0.338 e. The first-order valence-corrected chi connectivity index (χ1v) is 41.5. The van der Waals surface area contributed by atoms with E-state index in [1.54, 1.807) is 61.6 Å². The van der Waals surface area contributed by atoms with Gasteiger partial charge in [0.1, 0.15) is 61.1 Å². The Kier molecular flexibility index (Phi) is 32.7. The van der Waals surface area contributed by atoms with Crippen molar-refractivity contribution in [3.8, 4) is 0 Å². The zero-order valence-corrected chi connectivity index (χ0v) is 68.3. The number of aromatic nitrogens is 3. The number of nitrogens with one attached hydrogen (secondary N) is 3. The van der Waals surface area contributed by atoms with Crippen LogP contribution in [0.5, 0.6) is 0 Å². The first-order chi connectivity index (χ1) is 55.1. The molecule has 0 aliphatic carbocycles. The van der Waals surface area contributed by atoms with Crippen molar-refractivity contribution in [1.82, 2.24) is 45.6 Å². The number of nitrogens with zero attached hydrogens (tertiary/aromatic N) is 9. The van der Waals surface area contributed by atoms with Gasteiger partial charge in [-0.05, 0) is 102 Å². The number of thioether (sulfide) groups is 1. The maximum Gasteiger partial charge on any atom is 0.338 e. The minimum atomic E-state index is -3.06. The third-order valence-corrected chi connectivity index (χ3v) is 23.5. The number of halogens is 10. The molecular weight excluding hydrogens is 1700 g/mol. The van der Waals surface area contributed by atoms with Gasteiger partial charge in [0, 0.05) is 134 Å². The molecule has 8 atom stereocenters. The molecule has 115 heavy (non-hydrogen) atoms. The highest BCUT2D eigenvalue weighted by molar-refractivity contribution is 9.10. The van der Waals surface area contributed by atoms with Gasteiger partial charge in [-0.2, -0.15) is 0 Å². The summed E-state index contributed by atoms with van der Waals surface area (Å²) in [4.78, 5) is 104. The number of carboxylic acid groups (broad SMARTS) is 3. The average molecular weight is 1790 g/mol. The number of likely N-dealkylation sites (tertiary alicyclic amines) is 3. The number of aliphatic imine (C=N–C) groups is 3. The molecule has 6 aliphatic rings. The van der Waals surface area contributed by atoms with Crippen molar-refractivity contribution in [3.05, 3.63) is 187 Å². The van der Waals surface area contributed by atoms with Crippen LogP contribution >= 0.6 is 84.9 Å². The fourth-order valence-corrected chi connectivity index (χ4v) is 17.2. The van der Waals surface area contributed by atoms with E-state index in [0.717, 1.165) is 23.9 Å². The summed E-state index contributed by atoms with van der Waals surface area (Å²) >= 11 is 21.2. The van der Waals surface area contributed by atoms with Crippen LogP contribution < -0.4 is 16.0 Å². The Morgan fingerprint density at radius 2 is 0.930 bits per heavy atom. The number of amidine groups is 3. The van der Waals surface area contributed by atoms with Gasteiger partial charge in [-0.3, -0.25) is 34.5 Å². The number of thiazole rings is 3. The van der Waals surface area contributed by atoms with E-state index in [1.807, 2.05) is 9.80 Å². The van der Waals surface area contributed by atoms with E-state index in [9.17, 15) is 41.9 Å². The van der Waals surface area contributed by atoms with Crippen LogP contribution in [-0.2, 0) is 52.5 Å². The zero-order chi connectivity index (χ0) is 82.6. The normalized spacial score (nSPS) is 21.8. The molecule has 0 bridgehead atoms. The van der Waals surface area contributed by atoms with Gasteiger partial charge in [-0.25, -0.2) is 69.7 Å². The van der Waals surface area contributed by atoms with Crippen LogP contribution in [0.25, 0.3) is 0 Å². The lowest BCUT2D eigenvalue weighted by Crippen LogP contribution is -2.51. The SMILES string of the molecule is CCOC(=O)C1=C(CN2CCC(COCC(=O)O)C(F)C2)NC(c2nccs2)=N[C@H]1c1ccc(F)cc1Br.CCOC(=O)C1=C(CN2CCC(COCC(=O)O)C(F)C2)NC(c2nccs2)=N[C@H]1c1ccc(F)cc1Cl.CCOC(=O)C1=C(CN2CCC(CSCC(=O)O)C(F)(F)C2)NC(c2nccs2)=N[C@H]1c1ccc(F)cc1Cl. The number of rotatable bonds is 30. The lowest BCUT2D eigenvalue weighted by atomic mass is 9.93. The van der Waals surface area contributed by atoms with Crippen molar-refractivity contribution in [2.75, 3.05) is 117 Å². The third-order valence-electron chi connectivity index (χ3n) is 18.7. The summed E-state index contributed by atoms with van der Waals surface area (Å²) in [7, 11) is 0. The van der Waals surface area contributed by atoms with E-state index in [0.29, 0.717) is 103 Å². The Balaban J connectivity index is 0.000000182. The van der Waals surface area contributed by atoms with Crippen LogP contribution in [0.1, 0.15) is 89.9 Å². The Labute approximate surface area is 690 Å². The van der Waals surface area contributed by atoms with Crippen molar-refractivity contribution in [2.45, 2.75) is 76.4 Å². The molecule has 0 saturated carbocycles. The first kappa shape index (κ1) is 89.1. The molecule has 6 N–H and O–H groups in total. The van der Waals surface area contributed by atoms with Crippen LogP contribution in [-0.4, -0.2) is 233 Å². The molecule has 6 aromatic rings. The number of aliphatic carboxylic acids is 3. The van der Waals surface area contributed by atoms with E-state index >= 15 is 17.6 Å². The minimum absolute atomic E-state index is 0.0162. The van der Waals surface area contributed by atoms with Crippen LogP contribution in [0, 0.1) is 35.2 Å². The highest BCUT2D eigenvalue weighted by atomic mass is 79.9. The van der Waals surface area contributed by atoms with Crippen molar-refractivity contribution in [1.29, 1.82) is 0 Å². The predicted molar refractivity (Wildman–Crippen MR) is 422 cm³/mol. The molecule has 3 aromatic carbocycles. The second-order valence-electron chi connectivity index (χ2n) is 26.6. The fraction of sp³-hybridized carbons (Fsp3) is 0.440. The molecule has 3 saturated heterocycles. The molecular formula is C75H80BrCl2F7N12O14S4. The largest absolute Gasteiger partial charge is 0.481 e. The van der Waals surface area contributed by atoms with E-state index < -0.39 is 127 Å². The Hall–Kier alpha value is -8.28. The van der Waals surface area contributed by atoms with Gasteiger partial charge in [0.25, 0.3) is 5.92 Å². The van der Waals surface area contributed by atoms with E-state index in [-0.39, 0.29) is 110 Å². The minimum Gasteiger partial charge on any atom is -0.481 e. The number of carbonyl (C=O) groups is 6. The molecule has 12 rings (SSSR count). The van der Waals surface area contributed by atoms with Gasteiger partial charge >= 0.3 is 35.8 Å². The number of carbonyl (C=O) groups excluding carboxylic acids is 3. The van der Waals surface area contributed by atoms with Gasteiger partial charge in [-0.15, -0.1) is 45.8 Å². The first-order valence-electron chi connectivity index (χ1n) is 36.1. The average Bonchev–Trinajstić information content (AvgIpc) is 1.48. The van der Waals surface area contributed by atoms with Crippen LogP contribution in [0.15, 0.2) is 143 Å². The van der Waals surface area contributed by atoms with Crippen molar-refractivity contribution < 1.29 is 98.5 Å². The van der Waals surface area contributed by atoms with Crippen molar-refractivity contribution >= 4 is 138 Å². The Bertz CT molecular complexity index is 4450. The van der Waals surface area contributed by atoms with Gasteiger partial charge in [0.2, 0.25) is 0 Å². The summed E-state index contributed by atoms with van der Waals surface area (Å²) in [6, 6.07) is 9.11. The highest BCUT2D eigenvalue weighted by Crippen LogP contribution is 2.43. The molecule has 0 amide bonds. The number of alkyl halides is 4. The molecule has 5 unspecified atom stereocenters. The molecule has 0 radical (unpaired) electrons. The number of piperidine rings is 3. The summed E-state index contributed by atoms with van der Waals surface area (Å²) in [5, 5.41) is 43.1. The maximum atomic E-state index is 15.1. The summed E-state index contributed by atoms with van der Waals surface area (Å²) in [6.45, 7) is 5.69. The van der Waals surface area contributed by atoms with Gasteiger partial charge in [0.15, 0.2) is 32.5 Å². The lowest BCUT2D eigenvalue weighted by Gasteiger charge is -2.39. The number of benzene rings is 3. The highest BCUT2D eigenvalue weighted by Gasteiger charge is 2.46. The Morgan fingerprint density at radius 3 is 1.27 bits per heavy atom. The summed E-state index contributed by atoms with van der Waals surface area (Å²) in [6.07, 6.45) is 3.43. The summed E-state index contributed by atoms with van der Waals surface area (Å²) in [5.74, 6) is -10.6. The monoisotopic (exact) mass is 1780 g/mol. The molecule has 40 heteroatoms. The number of carboxylic acids is 3. The van der Waals surface area contributed by atoms with Crippen LogP contribution in [0.3, 0.4) is 0 Å². The molecule has 26 nitrogen and oxygen atoms in total.